The number of nitrogens with one attached hydrogen (secondary N) is 2. The van der Waals surface area contributed by atoms with Crippen molar-refractivity contribution < 1.29 is 0 Å². The van der Waals surface area contributed by atoms with Gasteiger partial charge in [0.25, 0.3) is 0 Å². The van der Waals surface area contributed by atoms with Gasteiger partial charge >= 0.3 is 0 Å². The van der Waals surface area contributed by atoms with Crippen LogP contribution in [0.1, 0.15) is 13.8 Å². The Labute approximate surface area is 84.4 Å². The first-order valence-corrected chi connectivity index (χ1v) is 5.13. The van der Waals surface area contributed by atoms with Crippen molar-refractivity contribution in [1.82, 2.24) is 10.6 Å². The Balaban J connectivity index is 0.000000671. The van der Waals surface area contributed by atoms with E-state index in [1.54, 1.807) is 17.8 Å². The first-order valence-electron chi connectivity index (χ1n) is 4.25. The molecular weight excluding hydrogens is 182 g/mol. The van der Waals surface area contributed by atoms with Gasteiger partial charge in [-0.25, -0.2) is 4.99 Å². The van der Waals surface area contributed by atoms with Gasteiger partial charge in [-0.2, -0.15) is 0 Å². The van der Waals surface area contributed by atoms with Crippen molar-refractivity contribution in [2.75, 3.05) is 7.05 Å². The Bertz CT molecular complexity index is 191. The smallest absolute Gasteiger partial charge is 0.140 e. The minimum atomic E-state index is 0.198. The average molecular weight is 199 g/mol. The van der Waals surface area contributed by atoms with E-state index in [4.69, 9.17) is 0 Å². The Morgan fingerprint density at radius 2 is 2.23 bits per heavy atom. The van der Waals surface area contributed by atoms with Crippen LogP contribution in [0.5, 0.6) is 0 Å². The maximum Gasteiger partial charge on any atom is 0.140 e. The lowest BCUT2D eigenvalue weighted by atomic mass is 10.5. The number of thioether (sulfide) groups is 1. The van der Waals surface area contributed by atoms with E-state index in [0.29, 0.717) is 0 Å². The van der Waals surface area contributed by atoms with Gasteiger partial charge in [0.15, 0.2) is 0 Å². The number of nitrogens with zero attached hydrogens (tertiary/aromatic N) is 1. The highest BCUT2D eigenvalue weighted by Crippen LogP contribution is 2.29. The largest absolute Gasteiger partial charge is 0.345 e. The summed E-state index contributed by atoms with van der Waals surface area (Å²) in [5, 5.41) is 6.19. The summed E-state index contributed by atoms with van der Waals surface area (Å²) >= 11 is 1.65. The molecule has 13 heavy (non-hydrogen) atoms. The van der Waals surface area contributed by atoms with Gasteiger partial charge < -0.3 is 5.32 Å². The fraction of sp³-hybridized carbons (Fsp3) is 0.444. The molecule has 1 aliphatic heterocycles. The summed E-state index contributed by atoms with van der Waals surface area (Å²) in [7, 11) is 1.89. The zero-order valence-electron chi connectivity index (χ0n) is 8.42. The lowest BCUT2D eigenvalue weighted by molar-refractivity contribution is 0.665. The maximum atomic E-state index is 3.82. The Morgan fingerprint density at radius 3 is 2.54 bits per heavy atom. The van der Waals surface area contributed by atoms with Gasteiger partial charge in [0.1, 0.15) is 11.3 Å². The first kappa shape index (κ1) is 12.3. The van der Waals surface area contributed by atoms with Crippen molar-refractivity contribution in [2.24, 2.45) is 4.99 Å². The summed E-state index contributed by atoms with van der Waals surface area (Å²) in [6.07, 6.45) is 1.78. The molecular formula is C9H17N3S. The molecule has 0 amide bonds. The van der Waals surface area contributed by atoms with E-state index in [0.717, 1.165) is 10.7 Å². The zero-order chi connectivity index (χ0) is 10.3. The van der Waals surface area contributed by atoms with Crippen molar-refractivity contribution in [3.8, 4) is 0 Å². The lowest BCUT2D eigenvalue weighted by Crippen LogP contribution is -2.32. The molecule has 0 radical (unpaired) electrons. The standard InChI is InChI=1S/C7H11N3S.C2H6/c1-4-5-6(8-2)10-7(9-3)11-5;1-2/h4,7,9-10H,1-2H2,3H3;1-2H3. The molecule has 74 valence electrons. The van der Waals surface area contributed by atoms with Crippen molar-refractivity contribution in [2.45, 2.75) is 19.3 Å². The van der Waals surface area contributed by atoms with E-state index in [9.17, 15) is 0 Å². The van der Waals surface area contributed by atoms with Crippen LogP contribution in [0.3, 0.4) is 0 Å². The second kappa shape index (κ2) is 6.74. The third-order valence-electron chi connectivity index (χ3n) is 1.35. The maximum absolute atomic E-state index is 3.82. The van der Waals surface area contributed by atoms with Crippen LogP contribution < -0.4 is 10.6 Å². The third kappa shape index (κ3) is 3.24. The molecule has 4 heteroatoms. The minimum Gasteiger partial charge on any atom is -0.345 e. The van der Waals surface area contributed by atoms with Crippen LogP contribution in [0.4, 0.5) is 0 Å². The van der Waals surface area contributed by atoms with Gasteiger partial charge in [0.2, 0.25) is 0 Å². The number of rotatable bonds is 3. The molecule has 0 bridgehead atoms. The van der Waals surface area contributed by atoms with E-state index in [1.807, 2.05) is 20.9 Å². The molecule has 0 aromatic heterocycles. The molecule has 0 spiro atoms. The second-order valence-corrected chi connectivity index (χ2v) is 3.15. The van der Waals surface area contributed by atoms with E-state index in [1.165, 1.54) is 0 Å². The fourth-order valence-electron chi connectivity index (χ4n) is 0.807. The Hall–Kier alpha value is -0.740. The van der Waals surface area contributed by atoms with Crippen LogP contribution >= 0.6 is 11.8 Å². The van der Waals surface area contributed by atoms with Crippen molar-refractivity contribution in [1.29, 1.82) is 0 Å². The molecule has 0 saturated carbocycles. The molecule has 0 aromatic carbocycles. The predicted molar refractivity (Wildman–Crippen MR) is 61.7 cm³/mol. The summed E-state index contributed by atoms with van der Waals surface area (Å²) in [4.78, 5) is 4.87. The van der Waals surface area contributed by atoms with Crippen molar-refractivity contribution in [3.63, 3.8) is 0 Å². The van der Waals surface area contributed by atoms with E-state index >= 15 is 0 Å². The number of hydrogen-bond donors (Lipinski definition) is 2. The summed E-state index contributed by atoms with van der Waals surface area (Å²) in [5.74, 6) is 0.810. The normalized spacial score (nSPS) is 20.1. The van der Waals surface area contributed by atoms with Crippen LogP contribution in [0, 0.1) is 0 Å². The van der Waals surface area contributed by atoms with Gasteiger partial charge in [0, 0.05) is 0 Å². The Morgan fingerprint density at radius 1 is 1.62 bits per heavy atom. The molecule has 1 rings (SSSR count). The molecule has 0 aliphatic carbocycles. The average Bonchev–Trinajstić information content (AvgIpc) is 2.63. The molecule has 1 heterocycles. The third-order valence-corrected chi connectivity index (χ3v) is 2.55. The number of hydrogen-bond acceptors (Lipinski definition) is 4. The molecule has 2 N–H and O–H groups in total. The van der Waals surface area contributed by atoms with Crippen LogP contribution in [-0.4, -0.2) is 19.3 Å². The summed E-state index contributed by atoms with van der Waals surface area (Å²) in [5.41, 5.74) is 0.198. The van der Waals surface area contributed by atoms with E-state index < -0.39 is 0 Å². The van der Waals surface area contributed by atoms with Gasteiger partial charge in [0.05, 0.1) is 4.91 Å². The highest BCUT2D eigenvalue weighted by Gasteiger charge is 2.19. The molecule has 1 atom stereocenters. The highest BCUT2D eigenvalue weighted by molar-refractivity contribution is 8.04. The monoisotopic (exact) mass is 199 g/mol. The van der Waals surface area contributed by atoms with Gasteiger partial charge in [-0.05, 0) is 13.8 Å². The zero-order valence-corrected chi connectivity index (χ0v) is 9.24. The van der Waals surface area contributed by atoms with Gasteiger partial charge in [-0.15, -0.1) is 0 Å². The lowest BCUT2D eigenvalue weighted by Gasteiger charge is -2.07. The number of allylic oxidation sites excluding steroid dienone is 1. The summed E-state index contributed by atoms with van der Waals surface area (Å²) in [6.45, 7) is 11.1. The predicted octanol–water partition coefficient (Wildman–Crippen LogP) is 1.91. The van der Waals surface area contributed by atoms with E-state index in [-0.39, 0.29) is 5.50 Å². The molecule has 0 aromatic rings. The van der Waals surface area contributed by atoms with Crippen LogP contribution in [0.2, 0.25) is 0 Å². The van der Waals surface area contributed by atoms with Crippen LogP contribution in [0.15, 0.2) is 28.4 Å². The molecule has 1 aliphatic rings. The van der Waals surface area contributed by atoms with Gasteiger partial charge in [-0.1, -0.05) is 38.3 Å². The SMILES string of the molecule is C=CC1=C(N=C)NC(NC)S1.CC. The molecule has 1 unspecified atom stereocenters. The minimum absolute atomic E-state index is 0.198. The van der Waals surface area contributed by atoms with Gasteiger partial charge in [-0.3, -0.25) is 5.32 Å². The molecule has 0 saturated heterocycles. The summed E-state index contributed by atoms with van der Waals surface area (Å²) in [6, 6.07) is 0. The first-order chi connectivity index (χ1) is 6.31. The van der Waals surface area contributed by atoms with Crippen molar-refractivity contribution >= 4 is 18.5 Å². The molecule has 3 nitrogen and oxygen atoms in total. The Kier molecular flexibility index (Phi) is 6.36. The quantitative estimate of drug-likeness (QED) is 0.682. The second-order valence-electron chi connectivity index (χ2n) is 2.01. The van der Waals surface area contributed by atoms with E-state index in [2.05, 4.69) is 28.9 Å². The fourth-order valence-corrected chi connectivity index (χ4v) is 1.68. The van der Waals surface area contributed by atoms with Crippen LogP contribution in [0.25, 0.3) is 0 Å². The topological polar surface area (TPSA) is 36.4 Å². The molecule has 0 fully saturated rings. The van der Waals surface area contributed by atoms with Crippen molar-refractivity contribution in [3.05, 3.63) is 23.4 Å². The summed E-state index contributed by atoms with van der Waals surface area (Å²) < 4.78 is 0. The highest BCUT2D eigenvalue weighted by atomic mass is 32.2. The van der Waals surface area contributed by atoms with Crippen LogP contribution in [-0.2, 0) is 0 Å². The number of aliphatic imine (C=N–C) groups is 1.